The normalized spacial score (nSPS) is 26.8. The van der Waals surface area contributed by atoms with Crippen molar-refractivity contribution in [2.75, 3.05) is 13.1 Å². The van der Waals surface area contributed by atoms with Gasteiger partial charge in [0.2, 0.25) is 0 Å². The summed E-state index contributed by atoms with van der Waals surface area (Å²) in [5.41, 5.74) is 2.19. The molecule has 1 aromatic heterocycles. The van der Waals surface area contributed by atoms with Gasteiger partial charge in [0, 0.05) is 30.7 Å². The summed E-state index contributed by atoms with van der Waals surface area (Å²) in [5, 5.41) is 8.26. The fourth-order valence-corrected chi connectivity index (χ4v) is 4.23. The molecule has 1 aliphatic carbocycles. The van der Waals surface area contributed by atoms with E-state index in [4.69, 9.17) is 0 Å². The van der Waals surface area contributed by atoms with E-state index in [9.17, 15) is 0 Å². The summed E-state index contributed by atoms with van der Waals surface area (Å²) < 4.78 is 0. The van der Waals surface area contributed by atoms with E-state index in [0.717, 1.165) is 6.54 Å². The molecule has 0 atom stereocenters. The van der Waals surface area contributed by atoms with Crippen molar-refractivity contribution in [3.63, 3.8) is 0 Å². The number of hydrogen-bond donors (Lipinski definition) is 1. The smallest absolute Gasteiger partial charge is 0.0338 e. The maximum Gasteiger partial charge on any atom is 0.0338 e. The number of hydrogen-bond acceptors (Lipinski definition) is 3. The molecule has 100 valence electrons. The summed E-state index contributed by atoms with van der Waals surface area (Å²) in [5.74, 6) is 0. The van der Waals surface area contributed by atoms with Crippen molar-refractivity contribution in [1.29, 1.82) is 0 Å². The van der Waals surface area contributed by atoms with Crippen LogP contribution in [0.15, 0.2) is 16.8 Å². The molecule has 1 saturated heterocycles. The molecule has 2 nitrogen and oxygen atoms in total. The topological polar surface area (TPSA) is 15.3 Å². The SMILES string of the molecule is CC1(C)CN(Cc2ccsc2)C2(CCCC2)CN1. The van der Waals surface area contributed by atoms with Gasteiger partial charge in [-0.05, 0) is 49.1 Å². The van der Waals surface area contributed by atoms with Crippen LogP contribution in [0.4, 0.5) is 0 Å². The third kappa shape index (κ3) is 2.36. The zero-order chi connectivity index (χ0) is 12.6. The summed E-state index contributed by atoms with van der Waals surface area (Å²) in [6.45, 7) is 8.13. The van der Waals surface area contributed by atoms with Crippen LogP contribution in [0.1, 0.15) is 45.1 Å². The Kier molecular flexibility index (Phi) is 3.25. The highest BCUT2D eigenvalue weighted by molar-refractivity contribution is 7.07. The second-order valence-corrected chi connectivity index (χ2v) is 7.44. The lowest BCUT2D eigenvalue weighted by Crippen LogP contribution is -2.66. The number of thiophene rings is 1. The molecule has 0 amide bonds. The summed E-state index contributed by atoms with van der Waals surface area (Å²) in [7, 11) is 0. The van der Waals surface area contributed by atoms with Gasteiger partial charge in [-0.1, -0.05) is 12.8 Å². The predicted molar refractivity (Wildman–Crippen MR) is 78.0 cm³/mol. The van der Waals surface area contributed by atoms with Gasteiger partial charge in [0.1, 0.15) is 0 Å². The van der Waals surface area contributed by atoms with Crippen molar-refractivity contribution in [1.82, 2.24) is 10.2 Å². The molecule has 18 heavy (non-hydrogen) atoms. The zero-order valence-electron chi connectivity index (χ0n) is 11.5. The van der Waals surface area contributed by atoms with Gasteiger partial charge in [-0.15, -0.1) is 0 Å². The second kappa shape index (κ2) is 4.62. The molecule has 0 unspecified atom stereocenters. The van der Waals surface area contributed by atoms with E-state index < -0.39 is 0 Å². The Morgan fingerprint density at radius 1 is 1.33 bits per heavy atom. The van der Waals surface area contributed by atoms with Crippen LogP contribution < -0.4 is 5.32 Å². The fraction of sp³-hybridized carbons (Fsp3) is 0.733. The lowest BCUT2D eigenvalue weighted by atomic mass is 9.86. The van der Waals surface area contributed by atoms with Crippen LogP contribution in [0.25, 0.3) is 0 Å². The fourth-order valence-electron chi connectivity index (χ4n) is 3.57. The van der Waals surface area contributed by atoms with Crippen molar-refractivity contribution in [2.24, 2.45) is 0 Å². The molecule has 1 aromatic rings. The van der Waals surface area contributed by atoms with Crippen LogP contribution in [0.3, 0.4) is 0 Å². The summed E-state index contributed by atoms with van der Waals surface area (Å²) in [6.07, 6.45) is 5.56. The molecule has 0 bridgehead atoms. The van der Waals surface area contributed by atoms with Crippen LogP contribution in [0.5, 0.6) is 0 Å². The highest BCUT2D eigenvalue weighted by atomic mass is 32.1. The lowest BCUT2D eigenvalue weighted by Gasteiger charge is -2.51. The van der Waals surface area contributed by atoms with Crippen molar-refractivity contribution in [3.8, 4) is 0 Å². The van der Waals surface area contributed by atoms with Gasteiger partial charge in [-0.3, -0.25) is 4.90 Å². The van der Waals surface area contributed by atoms with Gasteiger partial charge < -0.3 is 5.32 Å². The Labute approximate surface area is 114 Å². The molecule has 1 aliphatic heterocycles. The maximum atomic E-state index is 3.76. The molecule has 1 spiro atoms. The first-order chi connectivity index (χ1) is 8.60. The zero-order valence-corrected chi connectivity index (χ0v) is 12.4. The highest BCUT2D eigenvalue weighted by Gasteiger charge is 2.45. The average Bonchev–Trinajstić information content (AvgIpc) is 2.95. The molecule has 1 saturated carbocycles. The molecule has 0 aromatic carbocycles. The van der Waals surface area contributed by atoms with E-state index in [1.165, 1.54) is 44.3 Å². The minimum atomic E-state index is 0.254. The van der Waals surface area contributed by atoms with E-state index in [1.54, 1.807) is 0 Å². The van der Waals surface area contributed by atoms with Crippen molar-refractivity contribution >= 4 is 11.3 Å². The van der Waals surface area contributed by atoms with Gasteiger partial charge in [0.25, 0.3) is 0 Å². The van der Waals surface area contributed by atoms with Gasteiger partial charge in [-0.25, -0.2) is 0 Å². The highest BCUT2D eigenvalue weighted by Crippen LogP contribution is 2.39. The number of nitrogens with zero attached hydrogens (tertiary/aromatic N) is 1. The minimum absolute atomic E-state index is 0.254. The van der Waals surface area contributed by atoms with Crippen LogP contribution in [-0.4, -0.2) is 29.1 Å². The number of rotatable bonds is 2. The van der Waals surface area contributed by atoms with Crippen molar-refractivity contribution in [3.05, 3.63) is 22.4 Å². The molecular formula is C15H24N2S. The Balaban J connectivity index is 1.81. The average molecular weight is 264 g/mol. The van der Waals surface area contributed by atoms with Gasteiger partial charge >= 0.3 is 0 Å². The molecular weight excluding hydrogens is 240 g/mol. The number of piperazine rings is 1. The minimum Gasteiger partial charge on any atom is -0.309 e. The van der Waals surface area contributed by atoms with Gasteiger partial charge in [-0.2, -0.15) is 11.3 Å². The molecule has 1 N–H and O–H groups in total. The maximum absolute atomic E-state index is 3.76. The molecule has 2 fully saturated rings. The monoisotopic (exact) mass is 264 g/mol. The Hall–Kier alpha value is -0.380. The van der Waals surface area contributed by atoms with E-state index in [-0.39, 0.29) is 5.54 Å². The third-order valence-corrected chi connectivity index (χ3v) is 5.37. The van der Waals surface area contributed by atoms with E-state index in [0.29, 0.717) is 5.54 Å². The Morgan fingerprint density at radius 3 is 2.78 bits per heavy atom. The van der Waals surface area contributed by atoms with Crippen LogP contribution in [0, 0.1) is 0 Å². The first-order valence-corrected chi connectivity index (χ1v) is 8.05. The predicted octanol–water partition coefficient (Wildman–Crippen LogP) is 3.24. The van der Waals surface area contributed by atoms with Crippen LogP contribution >= 0.6 is 11.3 Å². The van der Waals surface area contributed by atoms with Crippen molar-refractivity contribution < 1.29 is 0 Å². The first kappa shape index (κ1) is 12.6. The molecule has 3 rings (SSSR count). The molecule has 2 heterocycles. The summed E-state index contributed by atoms with van der Waals surface area (Å²) in [6, 6.07) is 2.28. The summed E-state index contributed by atoms with van der Waals surface area (Å²) >= 11 is 1.82. The lowest BCUT2D eigenvalue weighted by molar-refractivity contribution is 0.0123. The van der Waals surface area contributed by atoms with Crippen LogP contribution in [0.2, 0.25) is 0 Å². The second-order valence-electron chi connectivity index (χ2n) is 6.66. The molecule has 0 radical (unpaired) electrons. The number of nitrogens with one attached hydrogen (secondary N) is 1. The molecule has 3 heteroatoms. The van der Waals surface area contributed by atoms with Crippen molar-refractivity contribution in [2.45, 2.75) is 57.2 Å². The summed E-state index contributed by atoms with van der Waals surface area (Å²) in [4.78, 5) is 2.76. The first-order valence-electron chi connectivity index (χ1n) is 7.11. The van der Waals surface area contributed by atoms with Crippen LogP contribution in [-0.2, 0) is 6.54 Å². The third-order valence-electron chi connectivity index (χ3n) is 4.64. The van der Waals surface area contributed by atoms with E-state index >= 15 is 0 Å². The Bertz CT molecular complexity index is 391. The Morgan fingerprint density at radius 2 is 2.11 bits per heavy atom. The quantitative estimate of drug-likeness (QED) is 0.882. The van der Waals surface area contributed by atoms with Gasteiger partial charge in [0.05, 0.1) is 0 Å². The van der Waals surface area contributed by atoms with E-state index in [2.05, 4.69) is 40.9 Å². The van der Waals surface area contributed by atoms with Gasteiger partial charge in [0.15, 0.2) is 0 Å². The standard InChI is InChI=1S/C15H24N2S/c1-14(2)12-17(9-13-5-8-18-10-13)15(11-16-14)6-3-4-7-15/h5,8,10,16H,3-4,6-7,9,11-12H2,1-2H3. The van der Waals surface area contributed by atoms with E-state index in [1.807, 2.05) is 11.3 Å². The largest absolute Gasteiger partial charge is 0.309 e. The molecule has 2 aliphatic rings.